The lowest BCUT2D eigenvalue weighted by Gasteiger charge is -2.16. The van der Waals surface area contributed by atoms with E-state index >= 15 is 0 Å². The summed E-state index contributed by atoms with van der Waals surface area (Å²) < 4.78 is 10.5. The second-order valence-corrected chi connectivity index (χ2v) is 4.25. The first-order valence-electron chi connectivity index (χ1n) is 6.62. The van der Waals surface area contributed by atoms with Gasteiger partial charge >= 0.3 is 0 Å². The van der Waals surface area contributed by atoms with Gasteiger partial charge in [-0.05, 0) is 31.7 Å². The molecule has 0 aromatic carbocycles. The number of nitrogens with one attached hydrogen (secondary N) is 1. The Kier molecular flexibility index (Phi) is 12.9. The Balaban J connectivity index is 3.45. The summed E-state index contributed by atoms with van der Waals surface area (Å²) in [5, 5.41) is 3.43. The minimum Gasteiger partial charge on any atom is -0.383 e. The largest absolute Gasteiger partial charge is 0.383 e. The van der Waals surface area contributed by atoms with Gasteiger partial charge in [0.25, 0.3) is 0 Å². The van der Waals surface area contributed by atoms with Gasteiger partial charge in [-0.1, -0.05) is 20.3 Å². The van der Waals surface area contributed by atoms with E-state index in [0.29, 0.717) is 0 Å². The van der Waals surface area contributed by atoms with E-state index in [-0.39, 0.29) is 0 Å². The van der Waals surface area contributed by atoms with Crippen LogP contribution < -0.4 is 5.32 Å². The summed E-state index contributed by atoms with van der Waals surface area (Å²) in [5.41, 5.74) is 0. The van der Waals surface area contributed by atoms with E-state index in [1.165, 1.54) is 19.3 Å². The van der Waals surface area contributed by atoms with Crippen LogP contribution in [0.5, 0.6) is 0 Å². The standard InChI is InChI=1S/C13H29NO2/c1-4-6-13(7-10-16-9-5-2)12-14-8-11-15-3/h13-14H,4-12H2,1-3H3. The Morgan fingerprint density at radius 3 is 2.44 bits per heavy atom. The fraction of sp³-hybridized carbons (Fsp3) is 1.00. The quantitative estimate of drug-likeness (QED) is 0.523. The maximum Gasteiger partial charge on any atom is 0.0587 e. The number of rotatable bonds is 12. The average Bonchev–Trinajstić information content (AvgIpc) is 2.30. The molecule has 1 atom stereocenters. The minimum absolute atomic E-state index is 0.749. The number of ether oxygens (including phenoxy) is 2. The lowest BCUT2D eigenvalue weighted by atomic mass is 10.0. The zero-order valence-corrected chi connectivity index (χ0v) is 11.3. The molecule has 1 N–H and O–H groups in total. The molecule has 0 saturated heterocycles. The van der Waals surface area contributed by atoms with E-state index in [9.17, 15) is 0 Å². The maximum absolute atomic E-state index is 5.53. The van der Waals surface area contributed by atoms with Gasteiger partial charge in [0, 0.05) is 26.9 Å². The van der Waals surface area contributed by atoms with Crippen molar-refractivity contribution in [2.75, 3.05) is 40.0 Å². The molecule has 0 amide bonds. The lowest BCUT2D eigenvalue weighted by Crippen LogP contribution is -2.27. The molecule has 16 heavy (non-hydrogen) atoms. The van der Waals surface area contributed by atoms with Crippen molar-refractivity contribution in [3.05, 3.63) is 0 Å². The highest BCUT2D eigenvalue weighted by molar-refractivity contribution is 4.62. The van der Waals surface area contributed by atoms with Gasteiger partial charge in [-0.25, -0.2) is 0 Å². The van der Waals surface area contributed by atoms with E-state index in [0.717, 1.165) is 45.2 Å². The van der Waals surface area contributed by atoms with Crippen LogP contribution in [0.15, 0.2) is 0 Å². The van der Waals surface area contributed by atoms with Crippen LogP contribution in [-0.4, -0.2) is 40.0 Å². The topological polar surface area (TPSA) is 30.5 Å². The van der Waals surface area contributed by atoms with Gasteiger partial charge in [0.2, 0.25) is 0 Å². The lowest BCUT2D eigenvalue weighted by molar-refractivity contribution is 0.118. The molecular weight excluding hydrogens is 202 g/mol. The van der Waals surface area contributed by atoms with Gasteiger partial charge in [-0.15, -0.1) is 0 Å². The molecule has 0 aromatic rings. The van der Waals surface area contributed by atoms with Crippen LogP contribution in [0.3, 0.4) is 0 Å². The highest BCUT2D eigenvalue weighted by Crippen LogP contribution is 2.10. The summed E-state index contributed by atoms with van der Waals surface area (Å²) in [4.78, 5) is 0. The molecule has 3 heteroatoms. The van der Waals surface area contributed by atoms with Crippen molar-refractivity contribution in [2.24, 2.45) is 5.92 Å². The second kappa shape index (κ2) is 12.9. The predicted octanol–water partition coefficient (Wildman–Crippen LogP) is 2.46. The Hall–Kier alpha value is -0.120. The van der Waals surface area contributed by atoms with E-state index in [1.54, 1.807) is 7.11 Å². The van der Waals surface area contributed by atoms with Gasteiger partial charge in [-0.2, -0.15) is 0 Å². The predicted molar refractivity (Wildman–Crippen MR) is 68.9 cm³/mol. The van der Waals surface area contributed by atoms with Crippen molar-refractivity contribution >= 4 is 0 Å². The van der Waals surface area contributed by atoms with E-state index in [1.807, 2.05) is 0 Å². The van der Waals surface area contributed by atoms with Gasteiger partial charge in [0.15, 0.2) is 0 Å². The fourth-order valence-electron chi connectivity index (χ4n) is 1.73. The molecule has 0 rings (SSSR count). The summed E-state index contributed by atoms with van der Waals surface area (Å²) in [6.45, 7) is 9.04. The van der Waals surface area contributed by atoms with Crippen molar-refractivity contribution in [3.8, 4) is 0 Å². The number of hydrogen-bond acceptors (Lipinski definition) is 3. The Morgan fingerprint density at radius 1 is 1.00 bits per heavy atom. The normalized spacial score (nSPS) is 12.9. The summed E-state index contributed by atoms with van der Waals surface area (Å²) in [7, 11) is 1.74. The third-order valence-corrected chi connectivity index (χ3v) is 2.63. The van der Waals surface area contributed by atoms with Crippen molar-refractivity contribution in [2.45, 2.75) is 39.5 Å². The average molecular weight is 231 g/mol. The molecule has 0 aliphatic heterocycles. The number of hydrogen-bond donors (Lipinski definition) is 1. The van der Waals surface area contributed by atoms with E-state index in [2.05, 4.69) is 19.2 Å². The minimum atomic E-state index is 0.749. The van der Waals surface area contributed by atoms with Gasteiger partial charge in [-0.3, -0.25) is 0 Å². The van der Waals surface area contributed by atoms with E-state index in [4.69, 9.17) is 9.47 Å². The van der Waals surface area contributed by atoms with Crippen molar-refractivity contribution in [1.29, 1.82) is 0 Å². The zero-order chi connectivity index (χ0) is 12.1. The first-order valence-corrected chi connectivity index (χ1v) is 6.62. The Labute approximate surface area is 101 Å². The smallest absolute Gasteiger partial charge is 0.0587 e. The van der Waals surface area contributed by atoms with Crippen LogP contribution in [0.4, 0.5) is 0 Å². The molecule has 0 spiro atoms. The SMILES string of the molecule is CCCOCCC(CCC)CNCCOC. The summed E-state index contributed by atoms with van der Waals surface area (Å²) in [5.74, 6) is 0.749. The molecule has 0 aromatic heterocycles. The molecule has 1 unspecified atom stereocenters. The molecule has 0 aliphatic rings. The first-order chi connectivity index (χ1) is 7.85. The van der Waals surface area contributed by atoms with Crippen LogP contribution in [-0.2, 0) is 9.47 Å². The Morgan fingerprint density at radius 2 is 1.81 bits per heavy atom. The third-order valence-electron chi connectivity index (χ3n) is 2.63. The van der Waals surface area contributed by atoms with Crippen LogP contribution >= 0.6 is 0 Å². The molecule has 0 radical (unpaired) electrons. The Bertz CT molecular complexity index is 119. The summed E-state index contributed by atoms with van der Waals surface area (Å²) >= 11 is 0. The fourth-order valence-corrected chi connectivity index (χ4v) is 1.73. The van der Waals surface area contributed by atoms with Crippen molar-refractivity contribution < 1.29 is 9.47 Å². The van der Waals surface area contributed by atoms with Crippen LogP contribution in [0.2, 0.25) is 0 Å². The highest BCUT2D eigenvalue weighted by Gasteiger charge is 2.06. The zero-order valence-electron chi connectivity index (χ0n) is 11.3. The molecule has 0 aliphatic carbocycles. The van der Waals surface area contributed by atoms with Gasteiger partial charge in [0.1, 0.15) is 0 Å². The summed E-state index contributed by atoms with van der Waals surface area (Å²) in [6.07, 6.45) is 4.83. The molecule has 3 nitrogen and oxygen atoms in total. The van der Waals surface area contributed by atoms with Crippen LogP contribution in [0.25, 0.3) is 0 Å². The second-order valence-electron chi connectivity index (χ2n) is 4.25. The van der Waals surface area contributed by atoms with Crippen LogP contribution in [0, 0.1) is 5.92 Å². The molecule has 0 saturated carbocycles. The van der Waals surface area contributed by atoms with E-state index < -0.39 is 0 Å². The van der Waals surface area contributed by atoms with Gasteiger partial charge in [0.05, 0.1) is 6.61 Å². The van der Waals surface area contributed by atoms with Crippen molar-refractivity contribution in [3.63, 3.8) is 0 Å². The molecule has 0 fully saturated rings. The van der Waals surface area contributed by atoms with Crippen LogP contribution in [0.1, 0.15) is 39.5 Å². The molecular formula is C13H29NO2. The maximum atomic E-state index is 5.53. The van der Waals surface area contributed by atoms with Gasteiger partial charge < -0.3 is 14.8 Å². The van der Waals surface area contributed by atoms with Crippen molar-refractivity contribution in [1.82, 2.24) is 5.32 Å². The molecule has 98 valence electrons. The summed E-state index contributed by atoms with van der Waals surface area (Å²) in [6, 6.07) is 0. The molecule has 0 bridgehead atoms. The molecule has 0 heterocycles. The monoisotopic (exact) mass is 231 g/mol. The first kappa shape index (κ1) is 15.9. The number of methoxy groups -OCH3 is 1. The highest BCUT2D eigenvalue weighted by atomic mass is 16.5. The third kappa shape index (κ3) is 10.4.